The van der Waals surface area contributed by atoms with Crippen molar-refractivity contribution in [3.8, 4) is 0 Å². The Bertz CT molecular complexity index is 595. The fourth-order valence-electron chi connectivity index (χ4n) is 3.03. The lowest BCUT2D eigenvalue weighted by Gasteiger charge is -2.15. The van der Waals surface area contributed by atoms with Gasteiger partial charge in [0.05, 0.1) is 0 Å². The van der Waals surface area contributed by atoms with Gasteiger partial charge in [0, 0.05) is 19.3 Å². The summed E-state index contributed by atoms with van der Waals surface area (Å²) in [7, 11) is 0. The van der Waals surface area contributed by atoms with Crippen LogP contribution in [0.3, 0.4) is 0 Å². The highest BCUT2D eigenvalue weighted by molar-refractivity contribution is 5.78. The molecule has 0 saturated carbocycles. The fraction of sp³-hybridized carbons (Fsp3) is 0.765. The van der Waals surface area contributed by atoms with Crippen molar-refractivity contribution in [2.75, 3.05) is 0 Å². The number of carbonyl (C=O) groups is 2. The van der Waals surface area contributed by atoms with E-state index in [1.165, 1.54) is 12.7 Å². The van der Waals surface area contributed by atoms with Crippen LogP contribution >= 0.6 is 0 Å². The fourth-order valence-corrected chi connectivity index (χ4v) is 3.03. The van der Waals surface area contributed by atoms with Crippen LogP contribution in [0.5, 0.6) is 0 Å². The van der Waals surface area contributed by atoms with E-state index in [-0.39, 0.29) is 6.17 Å². The molecule has 2 aromatic rings. The second kappa shape index (κ2) is 12.8. The van der Waals surface area contributed by atoms with Crippen LogP contribution in [0.25, 0.3) is 0 Å². The van der Waals surface area contributed by atoms with E-state index in [1.807, 2.05) is 0 Å². The van der Waals surface area contributed by atoms with Gasteiger partial charge in [0.25, 0.3) is 0 Å². The SMILES string of the molecule is O=CCCCCCCCCC(=O)CCCCC(n1cnnn1)n1cnnn1. The van der Waals surface area contributed by atoms with Gasteiger partial charge in [-0.3, -0.25) is 4.79 Å². The minimum Gasteiger partial charge on any atom is -0.303 e. The molecule has 0 amide bonds. The first-order valence-electron chi connectivity index (χ1n) is 9.71. The number of hydrogen-bond donors (Lipinski definition) is 0. The van der Waals surface area contributed by atoms with Crippen LogP contribution in [-0.2, 0) is 9.59 Å². The van der Waals surface area contributed by atoms with Gasteiger partial charge < -0.3 is 4.79 Å². The Kier molecular flexibility index (Phi) is 9.83. The maximum atomic E-state index is 12.0. The molecule has 0 spiro atoms. The number of hydrogen-bond acceptors (Lipinski definition) is 8. The normalized spacial score (nSPS) is 11.1. The predicted octanol–water partition coefficient (Wildman–Crippen LogP) is 2.16. The molecule has 10 nitrogen and oxygen atoms in total. The number of carbonyl (C=O) groups excluding carboxylic acids is 2. The maximum absolute atomic E-state index is 12.0. The average Bonchev–Trinajstić information content (AvgIpc) is 3.38. The average molecular weight is 376 g/mol. The van der Waals surface area contributed by atoms with Gasteiger partial charge in [0.1, 0.15) is 24.7 Å². The highest BCUT2D eigenvalue weighted by atomic mass is 16.1. The summed E-state index contributed by atoms with van der Waals surface area (Å²) in [4.78, 5) is 22.2. The van der Waals surface area contributed by atoms with Gasteiger partial charge in [-0.05, 0) is 53.0 Å². The molecule has 0 aliphatic rings. The lowest BCUT2D eigenvalue weighted by atomic mass is 10.0. The minimum absolute atomic E-state index is 0.177. The van der Waals surface area contributed by atoms with Gasteiger partial charge in [-0.15, -0.1) is 10.2 Å². The number of unbranched alkanes of at least 4 members (excludes halogenated alkanes) is 7. The van der Waals surface area contributed by atoms with Crippen LogP contribution in [0, 0.1) is 0 Å². The molecule has 0 saturated heterocycles. The number of tetrazole rings is 2. The largest absolute Gasteiger partial charge is 0.303 e. The zero-order chi connectivity index (χ0) is 19.2. The van der Waals surface area contributed by atoms with E-state index >= 15 is 0 Å². The van der Waals surface area contributed by atoms with E-state index in [9.17, 15) is 9.59 Å². The van der Waals surface area contributed by atoms with Crippen molar-refractivity contribution >= 4 is 12.1 Å². The highest BCUT2D eigenvalue weighted by Crippen LogP contribution is 2.16. The molecule has 0 bridgehead atoms. The molecule has 2 heterocycles. The van der Waals surface area contributed by atoms with Gasteiger partial charge in [0.2, 0.25) is 0 Å². The predicted molar refractivity (Wildman–Crippen MR) is 96.5 cm³/mol. The molecular formula is C17H28N8O2. The topological polar surface area (TPSA) is 121 Å². The molecular weight excluding hydrogens is 348 g/mol. The molecule has 0 aliphatic carbocycles. The van der Waals surface area contributed by atoms with E-state index in [1.54, 1.807) is 9.36 Å². The standard InChI is InChI=1S/C17H28N8O2/c26-13-9-5-3-1-2-4-6-10-16(27)11-7-8-12-17(24-14-18-20-22-24)25-15-19-21-23-25/h13-15,17H,1-12H2. The minimum atomic E-state index is -0.177. The summed E-state index contributed by atoms with van der Waals surface area (Å²) in [6, 6.07) is 0. The van der Waals surface area contributed by atoms with Crippen LogP contribution < -0.4 is 0 Å². The number of ketones is 1. The van der Waals surface area contributed by atoms with Crippen molar-refractivity contribution in [2.45, 2.75) is 83.2 Å². The van der Waals surface area contributed by atoms with E-state index in [0.717, 1.165) is 64.1 Å². The summed E-state index contributed by atoms with van der Waals surface area (Å²) in [5, 5.41) is 22.5. The summed E-state index contributed by atoms with van der Waals surface area (Å²) < 4.78 is 3.24. The lowest BCUT2D eigenvalue weighted by Crippen LogP contribution is -2.20. The number of aromatic nitrogens is 8. The van der Waals surface area contributed by atoms with E-state index < -0.39 is 0 Å². The molecule has 0 aromatic carbocycles. The third kappa shape index (κ3) is 8.14. The second-order valence-corrected chi connectivity index (χ2v) is 6.67. The molecule has 0 radical (unpaired) electrons. The third-order valence-corrected chi connectivity index (χ3v) is 4.54. The van der Waals surface area contributed by atoms with E-state index in [0.29, 0.717) is 25.0 Å². The van der Waals surface area contributed by atoms with Gasteiger partial charge >= 0.3 is 0 Å². The van der Waals surface area contributed by atoms with E-state index in [2.05, 4.69) is 31.1 Å². The van der Waals surface area contributed by atoms with Crippen LogP contribution in [-0.4, -0.2) is 52.5 Å². The first-order valence-corrected chi connectivity index (χ1v) is 9.71. The zero-order valence-electron chi connectivity index (χ0n) is 15.7. The lowest BCUT2D eigenvalue weighted by molar-refractivity contribution is -0.119. The summed E-state index contributed by atoms with van der Waals surface area (Å²) >= 11 is 0. The van der Waals surface area contributed by atoms with Crippen LogP contribution in [0.2, 0.25) is 0 Å². The first-order chi connectivity index (χ1) is 13.3. The van der Waals surface area contributed by atoms with Gasteiger partial charge in [-0.2, -0.15) is 0 Å². The molecule has 2 rings (SSSR count). The molecule has 27 heavy (non-hydrogen) atoms. The Hall–Kier alpha value is -2.52. The molecule has 0 unspecified atom stereocenters. The molecule has 0 N–H and O–H groups in total. The first kappa shape index (κ1) is 20.8. The molecule has 10 heteroatoms. The van der Waals surface area contributed by atoms with Crippen molar-refractivity contribution in [1.29, 1.82) is 0 Å². The molecule has 0 fully saturated rings. The Morgan fingerprint density at radius 1 is 0.815 bits per heavy atom. The molecule has 2 aromatic heterocycles. The van der Waals surface area contributed by atoms with Crippen molar-refractivity contribution in [2.24, 2.45) is 0 Å². The van der Waals surface area contributed by atoms with Crippen LogP contribution in [0.4, 0.5) is 0 Å². The smallest absolute Gasteiger partial charge is 0.150 e. The molecule has 148 valence electrons. The van der Waals surface area contributed by atoms with Crippen LogP contribution in [0.1, 0.15) is 83.2 Å². The zero-order valence-corrected chi connectivity index (χ0v) is 15.7. The van der Waals surface area contributed by atoms with Crippen molar-refractivity contribution in [1.82, 2.24) is 40.4 Å². The second-order valence-electron chi connectivity index (χ2n) is 6.67. The monoisotopic (exact) mass is 376 g/mol. The number of aldehydes is 1. The van der Waals surface area contributed by atoms with Crippen molar-refractivity contribution in [3.05, 3.63) is 12.7 Å². The third-order valence-electron chi connectivity index (χ3n) is 4.54. The van der Waals surface area contributed by atoms with Crippen LogP contribution in [0.15, 0.2) is 12.7 Å². The number of rotatable bonds is 16. The Morgan fingerprint density at radius 2 is 1.37 bits per heavy atom. The van der Waals surface area contributed by atoms with Gasteiger partial charge in [0.15, 0.2) is 6.17 Å². The molecule has 0 atom stereocenters. The van der Waals surface area contributed by atoms with E-state index in [4.69, 9.17) is 0 Å². The van der Waals surface area contributed by atoms with Crippen molar-refractivity contribution < 1.29 is 9.59 Å². The van der Waals surface area contributed by atoms with Gasteiger partial charge in [-0.25, -0.2) is 9.36 Å². The summed E-state index contributed by atoms with van der Waals surface area (Å²) in [6.07, 6.45) is 14.7. The molecule has 0 aliphatic heterocycles. The number of nitrogens with zero attached hydrogens (tertiary/aromatic N) is 8. The Balaban J connectivity index is 1.55. The Labute approximate surface area is 158 Å². The highest BCUT2D eigenvalue weighted by Gasteiger charge is 2.15. The Morgan fingerprint density at radius 3 is 1.93 bits per heavy atom. The summed E-state index contributed by atoms with van der Waals surface area (Å²) in [5.74, 6) is 0.331. The maximum Gasteiger partial charge on any atom is 0.150 e. The van der Waals surface area contributed by atoms with Crippen molar-refractivity contribution in [3.63, 3.8) is 0 Å². The van der Waals surface area contributed by atoms with Gasteiger partial charge in [-0.1, -0.05) is 25.7 Å². The summed E-state index contributed by atoms with van der Waals surface area (Å²) in [5.41, 5.74) is 0. The quantitative estimate of drug-likeness (QED) is 0.323. The number of Topliss-reactive ketones (excluding diaryl/α,β-unsaturated/α-hetero) is 1. The summed E-state index contributed by atoms with van der Waals surface area (Å²) in [6.45, 7) is 0.